The maximum Gasteiger partial charge on any atom is 0.179 e. The highest BCUT2D eigenvalue weighted by atomic mass is 28.3. The van der Waals surface area contributed by atoms with Crippen LogP contribution < -0.4 is 20.7 Å². The summed E-state index contributed by atoms with van der Waals surface area (Å²) in [4.78, 5) is 0. The van der Waals surface area contributed by atoms with Gasteiger partial charge >= 0.3 is 0 Å². The van der Waals surface area contributed by atoms with E-state index in [1.807, 2.05) is 0 Å². The van der Waals surface area contributed by atoms with E-state index in [0.29, 0.717) is 0 Å². The fraction of sp³-hybridized carbons (Fsp3) is 0.0149. The van der Waals surface area contributed by atoms with E-state index in [1.54, 1.807) is 0 Å². The molecule has 0 spiro atoms. The summed E-state index contributed by atoms with van der Waals surface area (Å²) >= 11 is 0. The van der Waals surface area contributed by atoms with Crippen LogP contribution in [0.25, 0.3) is 55.0 Å². The van der Waals surface area contributed by atoms with Gasteiger partial charge < -0.3 is 9.13 Å². The fourth-order valence-corrected chi connectivity index (χ4v) is 16.6. The van der Waals surface area contributed by atoms with Crippen LogP contribution in [0.3, 0.4) is 0 Å². The Labute approximate surface area is 409 Å². The molecule has 0 aliphatic rings. The Bertz CT molecular complexity index is 3770. The molecule has 0 saturated carbocycles. The van der Waals surface area contributed by atoms with Gasteiger partial charge in [0.05, 0.1) is 27.5 Å². The van der Waals surface area contributed by atoms with Crippen LogP contribution >= 0.6 is 0 Å². The van der Waals surface area contributed by atoms with Gasteiger partial charge in [-0.15, -0.1) is 0 Å². The lowest BCUT2D eigenvalue weighted by molar-refractivity contribution is 0.746. The predicted molar refractivity (Wildman–Crippen MR) is 297 cm³/mol. The highest BCUT2D eigenvalue weighted by molar-refractivity contribution is 7.20. The molecule has 11 aromatic carbocycles. The van der Waals surface area contributed by atoms with Crippen molar-refractivity contribution in [2.75, 3.05) is 0 Å². The van der Waals surface area contributed by atoms with E-state index >= 15 is 0 Å². The standard InChI is InChI=1S/C67H48N2Si/c1-8-24-49(25-9-1)67(50-26-10-2-11-27-50,51-28-12-3-13-29-51)52-40-44-64-61(46-52)62-47-54(41-45-65(62)68(64)53-30-14-4-15-31-53)69-63-39-23-22-38-59(63)60-43-42-58(48-66(60)69)70(55-32-16-5-17-33-55,56-34-18-6-19-35-56)57-36-20-7-21-37-57/h1-48H. The molecule has 2 heterocycles. The summed E-state index contributed by atoms with van der Waals surface area (Å²) in [6.07, 6.45) is 0. The quantitative estimate of drug-likeness (QED) is 0.0956. The molecule has 70 heavy (non-hydrogen) atoms. The average molecular weight is 909 g/mol. The van der Waals surface area contributed by atoms with Crippen LogP contribution in [0.5, 0.6) is 0 Å². The van der Waals surface area contributed by atoms with Gasteiger partial charge in [-0.25, -0.2) is 0 Å². The minimum Gasteiger partial charge on any atom is -0.309 e. The molecular formula is C67H48N2Si. The Morgan fingerprint density at radius 1 is 0.229 bits per heavy atom. The molecule has 0 radical (unpaired) electrons. The van der Waals surface area contributed by atoms with E-state index < -0.39 is 13.5 Å². The van der Waals surface area contributed by atoms with E-state index in [0.717, 1.165) is 16.9 Å². The Morgan fingerprint density at radius 3 is 1.16 bits per heavy atom. The van der Waals surface area contributed by atoms with E-state index in [9.17, 15) is 0 Å². The molecule has 3 heteroatoms. The van der Waals surface area contributed by atoms with Crippen LogP contribution in [0.2, 0.25) is 0 Å². The van der Waals surface area contributed by atoms with Gasteiger partial charge in [0.15, 0.2) is 8.07 Å². The minimum atomic E-state index is -2.83. The molecule has 0 fully saturated rings. The monoisotopic (exact) mass is 908 g/mol. The lowest BCUT2D eigenvalue weighted by atomic mass is 9.65. The topological polar surface area (TPSA) is 9.86 Å². The molecule has 13 rings (SSSR count). The molecule has 0 atom stereocenters. The number of rotatable bonds is 10. The largest absolute Gasteiger partial charge is 0.309 e. The van der Waals surface area contributed by atoms with Crippen molar-refractivity contribution in [1.82, 2.24) is 9.13 Å². The molecule has 0 saturated heterocycles. The van der Waals surface area contributed by atoms with Gasteiger partial charge in [-0.3, -0.25) is 0 Å². The first-order valence-electron chi connectivity index (χ1n) is 24.3. The summed E-state index contributed by atoms with van der Waals surface area (Å²) in [7, 11) is -2.83. The van der Waals surface area contributed by atoms with Crippen LogP contribution in [0.1, 0.15) is 22.3 Å². The zero-order valence-electron chi connectivity index (χ0n) is 38.6. The van der Waals surface area contributed by atoms with E-state index in [4.69, 9.17) is 0 Å². The maximum absolute atomic E-state index is 2.83. The first-order chi connectivity index (χ1) is 34.7. The highest BCUT2D eigenvalue weighted by Gasteiger charge is 2.42. The van der Waals surface area contributed by atoms with Crippen LogP contribution in [0, 0.1) is 0 Å². The second kappa shape index (κ2) is 17.1. The molecule has 2 aromatic heterocycles. The van der Waals surface area contributed by atoms with E-state index in [1.165, 1.54) is 81.1 Å². The number of nitrogens with zero attached hydrogens (tertiary/aromatic N) is 2. The van der Waals surface area contributed by atoms with Gasteiger partial charge in [-0.1, -0.05) is 237 Å². The smallest absolute Gasteiger partial charge is 0.179 e. The van der Waals surface area contributed by atoms with Crippen molar-refractivity contribution in [1.29, 1.82) is 0 Å². The summed E-state index contributed by atoms with van der Waals surface area (Å²) < 4.78 is 4.96. The van der Waals surface area contributed by atoms with Crippen LogP contribution in [-0.4, -0.2) is 17.2 Å². The second-order valence-corrected chi connectivity index (χ2v) is 22.2. The third-order valence-electron chi connectivity index (χ3n) is 14.8. The van der Waals surface area contributed by atoms with Crippen LogP contribution in [-0.2, 0) is 5.41 Å². The Hall–Kier alpha value is -8.76. The molecule has 13 aromatic rings. The predicted octanol–water partition coefficient (Wildman–Crippen LogP) is 13.6. The van der Waals surface area contributed by atoms with E-state index in [2.05, 4.69) is 300 Å². The van der Waals surface area contributed by atoms with E-state index in [-0.39, 0.29) is 0 Å². The van der Waals surface area contributed by atoms with Crippen LogP contribution in [0.15, 0.2) is 291 Å². The number of aromatic nitrogens is 2. The molecule has 2 nitrogen and oxygen atoms in total. The summed E-state index contributed by atoms with van der Waals surface area (Å²) in [5.41, 5.74) is 11.3. The van der Waals surface area contributed by atoms with Crippen molar-refractivity contribution in [3.63, 3.8) is 0 Å². The SMILES string of the molecule is c1ccc(-n2c3ccc(-n4c5ccccc5c5ccc([Si](c6ccccc6)(c6ccccc6)c6ccccc6)cc54)cc3c3cc(C(c4ccccc4)(c4ccccc4)c4ccccc4)ccc32)cc1. The van der Waals surface area contributed by atoms with Crippen LogP contribution in [0.4, 0.5) is 0 Å². The van der Waals surface area contributed by atoms with Gasteiger partial charge in [-0.2, -0.15) is 0 Å². The van der Waals surface area contributed by atoms with Crippen molar-refractivity contribution >= 4 is 72.4 Å². The Kier molecular flexibility index (Phi) is 10.1. The zero-order valence-corrected chi connectivity index (χ0v) is 39.6. The number of para-hydroxylation sites is 2. The molecule has 0 aliphatic heterocycles. The van der Waals surface area contributed by atoms with Crippen molar-refractivity contribution < 1.29 is 0 Å². The lowest BCUT2D eigenvalue weighted by Gasteiger charge is -2.37. The van der Waals surface area contributed by atoms with Crippen molar-refractivity contribution in [3.05, 3.63) is 313 Å². The molecule has 330 valence electrons. The molecular weight excluding hydrogens is 861 g/mol. The Balaban J connectivity index is 1.11. The minimum absolute atomic E-state index is 0.591. The zero-order chi connectivity index (χ0) is 46.5. The summed E-state index contributed by atoms with van der Waals surface area (Å²) in [6, 6.07) is 108. The normalized spacial score (nSPS) is 12.0. The summed E-state index contributed by atoms with van der Waals surface area (Å²) in [5, 5.41) is 10.3. The van der Waals surface area contributed by atoms with Gasteiger partial charge in [0.1, 0.15) is 0 Å². The van der Waals surface area contributed by atoms with Gasteiger partial charge in [0.2, 0.25) is 0 Å². The molecule has 0 aliphatic carbocycles. The van der Waals surface area contributed by atoms with Crippen molar-refractivity contribution in [2.45, 2.75) is 5.41 Å². The number of fused-ring (bicyclic) bond motifs is 6. The lowest BCUT2D eigenvalue weighted by Crippen LogP contribution is -2.74. The third kappa shape index (κ3) is 6.40. The second-order valence-electron chi connectivity index (χ2n) is 18.4. The number of benzene rings is 11. The van der Waals surface area contributed by atoms with Gasteiger partial charge in [0.25, 0.3) is 0 Å². The summed E-state index contributed by atoms with van der Waals surface area (Å²) in [6.45, 7) is 0. The molecule has 0 bridgehead atoms. The number of hydrogen-bond acceptors (Lipinski definition) is 0. The third-order valence-corrected chi connectivity index (χ3v) is 19.6. The first-order valence-corrected chi connectivity index (χ1v) is 26.3. The average Bonchev–Trinajstić information content (AvgIpc) is 3.95. The molecule has 0 unspecified atom stereocenters. The molecule has 0 amide bonds. The van der Waals surface area contributed by atoms with Gasteiger partial charge in [-0.05, 0) is 97.6 Å². The fourth-order valence-electron chi connectivity index (χ4n) is 11.8. The summed E-state index contributed by atoms with van der Waals surface area (Å²) in [5.74, 6) is 0. The van der Waals surface area contributed by atoms with Crippen molar-refractivity contribution in [2.24, 2.45) is 0 Å². The number of hydrogen-bond donors (Lipinski definition) is 0. The van der Waals surface area contributed by atoms with Crippen molar-refractivity contribution in [3.8, 4) is 11.4 Å². The Morgan fingerprint density at radius 2 is 0.629 bits per heavy atom. The molecule has 0 N–H and O–H groups in total. The first kappa shape index (κ1) is 41.4. The maximum atomic E-state index is 2.53. The highest BCUT2D eigenvalue weighted by Crippen LogP contribution is 2.47. The van der Waals surface area contributed by atoms with Gasteiger partial charge in [0, 0.05) is 32.9 Å².